The van der Waals surface area contributed by atoms with Crippen LogP contribution in [0.15, 0.2) is 42.9 Å². The predicted octanol–water partition coefficient (Wildman–Crippen LogP) is 3.84. The highest BCUT2D eigenvalue weighted by Crippen LogP contribution is 2.31. The van der Waals surface area contributed by atoms with Crippen LogP contribution >= 0.6 is 0 Å². The highest BCUT2D eigenvalue weighted by atomic mass is 16.1. The fourth-order valence-electron chi connectivity index (χ4n) is 4.64. The highest BCUT2D eigenvalue weighted by molar-refractivity contribution is 6.26. The summed E-state index contributed by atoms with van der Waals surface area (Å²) in [6, 6.07) is 8.80. The molecule has 1 saturated heterocycles. The van der Waals surface area contributed by atoms with Gasteiger partial charge in [-0.3, -0.25) is 9.78 Å². The van der Waals surface area contributed by atoms with Crippen molar-refractivity contribution in [1.82, 2.24) is 14.3 Å². The maximum Gasteiger partial charge on any atom is 0.163 e. The van der Waals surface area contributed by atoms with Crippen LogP contribution in [0.4, 0.5) is 5.69 Å². The van der Waals surface area contributed by atoms with Crippen LogP contribution in [0.3, 0.4) is 0 Å². The minimum absolute atomic E-state index is 0.214. The number of carbonyl (C=O) groups is 1. The monoisotopic (exact) mass is 400 g/mol. The fourth-order valence-corrected chi connectivity index (χ4v) is 4.64. The second kappa shape index (κ2) is 7.73. The summed E-state index contributed by atoms with van der Waals surface area (Å²) in [5.41, 5.74) is 7.52. The van der Waals surface area contributed by atoms with Gasteiger partial charge in [0, 0.05) is 61.5 Å². The van der Waals surface area contributed by atoms with Crippen LogP contribution in [0.1, 0.15) is 35.2 Å². The van der Waals surface area contributed by atoms with Crippen LogP contribution in [-0.2, 0) is 11.2 Å². The number of aromatic nitrogens is 2. The summed E-state index contributed by atoms with van der Waals surface area (Å²) in [6.07, 6.45) is 10.4. The van der Waals surface area contributed by atoms with Crippen molar-refractivity contribution in [2.75, 3.05) is 38.1 Å². The molecule has 5 nitrogen and oxygen atoms in total. The molecule has 3 aromatic rings. The summed E-state index contributed by atoms with van der Waals surface area (Å²) in [7, 11) is 2.20. The summed E-state index contributed by atoms with van der Waals surface area (Å²) >= 11 is 0. The Hall–Kier alpha value is -2.92. The molecule has 154 valence electrons. The molecule has 2 aliphatic rings. The van der Waals surface area contributed by atoms with Crippen LogP contribution < -0.4 is 4.90 Å². The van der Waals surface area contributed by atoms with Gasteiger partial charge in [-0.05, 0) is 68.8 Å². The summed E-state index contributed by atoms with van der Waals surface area (Å²) in [5.74, 6) is 0.214. The van der Waals surface area contributed by atoms with Gasteiger partial charge >= 0.3 is 0 Å². The Kier molecular flexibility index (Phi) is 4.91. The van der Waals surface area contributed by atoms with E-state index in [0.717, 1.165) is 60.5 Å². The number of benzene rings is 1. The molecule has 5 heteroatoms. The summed E-state index contributed by atoms with van der Waals surface area (Å²) in [5, 5.41) is 0. The lowest BCUT2D eigenvalue weighted by Crippen LogP contribution is -2.28. The molecule has 3 heterocycles. The van der Waals surface area contributed by atoms with Crippen molar-refractivity contribution in [2.24, 2.45) is 0 Å². The lowest BCUT2D eigenvalue weighted by molar-refractivity contribution is -0.113. The van der Waals surface area contributed by atoms with E-state index in [9.17, 15) is 4.79 Å². The standard InChI is InChI=1S/C25H28N4O/c1-18-24-16-21(17-29(24)11-8-26-18)23-15-20-4-6-22(14-19(20)5-7-25(23)30)28-10-3-9-27(2)12-13-28/h4,6,8,11,14-17H,3,5,7,9-10,12-13H2,1-2H3. The Balaban J connectivity index is 1.50. The van der Waals surface area contributed by atoms with E-state index < -0.39 is 0 Å². The minimum atomic E-state index is 0.214. The Labute approximate surface area is 177 Å². The van der Waals surface area contributed by atoms with Crippen molar-refractivity contribution in [2.45, 2.75) is 26.2 Å². The molecule has 30 heavy (non-hydrogen) atoms. The first kappa shape index (κ1) is 19.1. The Bertz CT molecular complexity index is 1140. The van der Waals surface area contributed by atoms with Crippen molar-refractivity contribution in [3.05, 3.63) is 65.2 Å². The van der Waals surface area contributed by atoms with Gasteiger partial charge in [0.15, 0.2) is 5.78 Å². The number of rotatable bonds is 2. The molecule has 0 bridgehead atoms. The van der Waals surface area contributed by atoms with E-state index >= 15 is 0 Å². The summed E-state index contributed by atoms with van der Waals surface area (Å²) in [4.78, 5) is 22.3. The van der Waals surface area contributed by atoms with E-state index in [1.54, 1.807) is 6.20 Å². The molecule has 1 aromatic carbocycles. The first-order valence-corrected chi connectivity index (χ1v) is 10.8. The molecule has 1 fully saturated rings. The van der Waals surface area contributed by atoms with E-state index in [0.29, 0.717) is 6.42 Å². The SMILES string of the molecule is Cc1nccn2cc(C3=Cc4ccc(N5CCCN(C)CC5)cc4CCC3=O)cc12. The van der Waals surface area contributed by atoms with E-state index in [2.05, 4.69) is 56.6 Å². The molecule has 0 atom stereocenters. The molecule has 0 unspecified atom stereocenters. The number of hydrogen-bond donors (Lipinski definition) is 0. The maximum atomic E-state index is 13.0. The van der Waals surface area contributed by atoms with Gasteiger partial charge in [0.05, 0.1) is 11.2 Å². The number of hydrogen-bond acceptors (Lipinski definition) is 4. The van der Waals surface area contributed by atoms with Crippen LogP contribution in [0.2, 0.25) is 0 Å². The summed E-state index contributed by atoms with van der Waals surface area (Å²) in [6.45, 7) is 6.40. The third-order valence-corrected chi connectivity index (χ3v) is 6.46. The Morgan fingerprint density at radius 2 is 1.93 bits per heavy atom. The number of anilines is 1. The van der Waals surface area contributed by atoms with E-state index in [4.69, 9.17) is 0 Å². The van der Waals surface area contributed by atoms with Crippen molar-refractivity contribution in [3.8, 4) is 0 Å². The van der Waals surface area contributed by atoms with Gasteiger partial charge in [0.25, 0.3) is 0 Å². The summed E-state index contributed by atoms with van der Waals surface area (Å²) < 4.78 is 2.05. The van der Waals surface area contributed by atoms with Gasteiger partial charge in [0.1, 0.15) is 0 Å². The second-order valence-electron chi connectivity index (χ2n) is 8.54. The average Bonchev–Trinajstić information content (AvgIpc) is 2.96. The van der Waals surface area contributed by atoms with E-state index in [-0.39, 0.29) is 5.78 Å². The third-order valence-electron chi connectivity index (χ3n) is 6.46. The molecule has 2 aromatic heterocycles. The van der Waals surface area contributed by atoms with Gasteiger partial charge in [-0.25, -0.2) is 0 Å². The van der Waals surface area contributed by atoms with Crippen LogP contribution in [0, 0.1) is 6.92 Å². The predicted molar refractivity (Wildman–Crippen MR) is 122 cm³/mol. The number of fused-ring (bicyclic) bond motifs is 2. The molecule has 1 aliphatic carbocycles. The first-order valence-electron chi connectivity index (χ1n) is 10.8. The Morgan fingerprint density at radius 3 is 2.80 bits per heavy atom. The molecule has 0 radical (unpaired) electrons. The van der Waals surface area contributed by atoms with Crippen LogP contribution in [0.25, 0.3) is 17.2 Å². The number of aryl methyl sites for hydroxylation is 2. The van der Waals surface area contributed by atoms with Gasteiger partial charge < -0.3 is 14.2 Å². The minimum Gasteiger partial charge on any atom is -0.370 e. The van der Waals surface area contributed by atoms with Crippen molar-refractivity contribution >= 4 is 28.6 Å². The van der Waals surface area contributed by atoms with E-state index in [1.165, 1.54) is 17.7 Å². The maximum absolute atomic E-state index is 13.0. The molecular weight excluding hydrogens is 372 g/mol. The molecule has 0 saturated carbocycles. The molecule has 0 spiro atoms. The largest absolute Gasteiger partial charge is 0.370 e. The van der Waals surface area contributed by atoms with Crippen molar-refractivity contribution < 1.29 is 4.79 Å². The smallest absolute Gasteiger partial charge is 0.163 e. The zero-order valence-electron chi connectivity index (χ0n) is 17.8. The topological polar surface area (TPSA) is 40.9 Å². The quantitative estimate of drug-likeness (QED) is 0.655. The molecular formula is C25H28N4O. The average molecular weight is 401 g/mol. The number of nitrogens with zero attached hydrogens (tertiary/aromatic N) is 4. The molecule has 0 N–H and O–H groups in total. The lowest BCUT2D eigenvalue weighted by atomic mass is 10.0. The Morgan fingerprint density at radius 1 is 1.03 bits per heavy atom. The van der Waals surface area contributed by atoms with Crippen molar-refractivity contribution in [3.63, 3.8) is 0 Å². The van der Waals surface area contributed by atoms with Crippen LogP contribution in [-0.4, -0.2) is 53.3 Å². The van der Waals surface area contributed by atoms with Crippen LogP contribution in [0.5, 0.6) is 0 Å². The zero-order chi connectivity index (χ0) is 20.7. The van der Waals surface area contributed by atoms with Gasteiger partial charge in [-0.15, -0.1) is 0 Å². The van der Waals surface area contributed by atoms with Gasteiger partial charge in [-0.1, -0.05) is 6.07 Å². The van der Waals surface area contributed by atoms with Gasteiger partial charge in [0.2, 0.25) is 0 Å². The number of carbonyl (C=O) groups excluding carboxylic acids is 1. The highest BCUT2D eigenvalue weighted by Gasteiger charge is 2.21. The zero-order valence-corrected chi connectivity index (χ0v) is 17.8. The third kappa shape index (κ3) is 3.54. The fraction of sp³-hybridized carbons (Fsp3) is 0.360. The number of allylic oxidation sites excluding steroid dienone is 1. The number of Topliss-reactive ketones (excluding diaryl/α,β-unsaturated/α-hetero) is 1. The second-order valence-corrected chi connectivity index (χ2v) is 8.54. The lowest BCUT2D eigenvalue weighted by Gasteiger charge is -2.24. The van der Waals surface area contributed by atoms with Gasteiger partial charge in [-0.2, -0.15) is 0 Å². The first-order chi connectivity index (χ1) is 14.6. The number of likely N-dealkylation sites (N-methyl/N-ethyl adjacent to an activating group) is 1. The molecule has 0 amide bonds. The van der Waals surface area contributed by atoms with E-state index in [1.807, 2.05) is 19.3 Å². The molecule has 5 rings (SSSR count). The van der Waals surface area contributed by atoms with Crippen molar-refractivity contribution in [1.29, 1.82) is 0 Å². The number of ketones is 1. The normalized spacial score (nSPS) is 18.1. The molecule has 1 aliphatic heterocycles.